The van der Waals surface area contributed by atoms with Gasteiger partial charge in [0, 0.05) is 17.1 Å². The summed E-state index contributed by atoms with van der Waals surface area (Å²) in [5.74, 6) is 0. The quantitative estimate of drug-likeness (QED) is 0.354. The van der Waals surface area contributed by atoms with Crippen molar-refractivity contribution in [3.63, 3.8) is 0 Å². The van der Waals surface area contributed by atoms with E-state index in [2.05, 4.69) is 0 Å². The molecule has 0 bridgehead atoms. The van der Waals surface area contributed by atoms with Crippen molar-refractivity contribution in [2.24, 2.45) is 0 Å². The van der Waals surface area contributed by atoms with Crippen LogP contribution in [0.25, 0.3) is 0 Å². The summed E-state index contributed by atoms with van der Waals surface area (Å²) in [6.45, 7) is 0. The zero-order valence-electron chi connectivity index (χ0n) is 7.96. The molecule has 0 aliphatic carbocycles. The van der Waals surface area contributed by atoms with Crippen LogP contribution < -0.4 is 0 Å². The van der Waals surface area contributed by atoms with Gasteiger partial charge >= 0.3 is 68.6 Å². The summed E-state index contributed by atoms with van der Waals surface area (Å²) in [6.07, 6.45) is 0. The van der Waals surface area contributed by atoms with E-state index in [1.165, 1.54) is 0 Å². The molecule has 0 aliphatic heterocycles. The van der Waals surface area contributed by atoms with Crippen LogP contribution in [0, 0.1) is 0 Å². The second kappa shape index (κ2) is 9.66. The van der Waals surface area contributed by atoms with Gasteiger partial charge < -0.3 is 20.4 Å². The molecule has 0 saturated heterocycles. The third-order valence-corrected chi connectivity index (χ3v) is 0. The van der Waals surface area contributed by atoms with E-state index in [9.17, 15) is 0 Å². The molecule has 0 fully saturated rings. The third kappa shape index (κ3) is 71.9. The van der Waals surface area contributed by atoms with E-state index in [1.54, 1.807) is 0 Å². The molecule has 3 N–H and O–H groups in total. The normalized spacial score (nSPS) is 7.38. The first kappa shape index (κ1) is 22.4. The third-order valence-electron chi connectivity index (χ3n) is 0. The minimum atomic E-state index is -4.64. The molecule has 0 amide bonds. The molecule has 48 valence electrons. The Kier molecular flexibility index (Phi) is 27.1. The summed E-state index contributed by atoms with van der Waals surface area (Å²) in [5, 5.41) is 0. The minimum absolute atomic E-state index is 0. The molecule has 8 heteroatoms. The molecular weight excluding hydrogens is 215 g/mol. The fourth-order valence-electron chi connectivity index (χ4n) is 0. The van der Waals surface area contributed by atoms with Crippen LogP contribution >= 0.6 is 7.82 Å². The van der Waals surface area contributed by atoms with Crippen LogP contribution in [0.2, 0.25) is 0 Å². The van der Waals surface area contributed by atoms with Gasteiger partial charge in [-0.3, -0.25) is 0 Å². The van der Waals surface area contributed by atoms with Crippen LogP contribution in [0.1, 0.15) is 5.71 Å². The fourth-order valence-corrected chi connectivity index (χ4v) is 0. The standard InChI is InChI=1S/Ca.Fe.Mg.H3O4P.4H/c;;;1-5(2,3)4;;;;/h;;;(H3,1,2,3,4);;;;/q+2;;+2;;4*-1. The first-order valence-electron chi connectivity index (χ1n) is 0.783. The van der Waals surface area contributed by atoms with Crippen molar-refractivity contribution < 1.29 is 42.0 Å². The van der Waals surface area contributed by atoms with E-state index >= 15 is 0 Å². The van der Waals surface area contributed by atoms with Crippen molar-refractivity contribution in [1.82, 2.24) is 0 Å². The van der Waals surface area contributed by atoms with Gasteiger partial charge in [0.25, 0.3) is 0 Å². The van der Waals surface area contributed by atoms with Crippen molar-refractivity contribution >= 4 is 68.6 Å². The number of hydrogen-bond acceptors (Lipinski definition) is 1. The van der Waals surface area contributed by atoms with Crippen LogP contribution in [0.3, 0.4) is 0 Å². The largest absolute Gasteiger partial charge is 2.00 e. The molecule has 0 rings (SSSR count). The Bertz CT molecular complexity index is 73.2. The number of hydrogen-bond donors (Lipinski definition) is 3. The zero-order valence-corrected chi connectivity index (χ0v) is 9.59. The molecule has 0 unspecified atom stereocenters. The van der Waals surface area contributed by atoms with Crippen LogP contribution in [-0.2, 0) is 21.6 Å². The molecule has 0 aromatic heterocycles. The smallest absolute Gasteiger partial charge is 1.00 e. The fraction of sp³-hybridized carbons (Fsp3) is 0. The number of phosphoric acid groups is 1. The maximum atomic E-state index is 8.88. The van der Waals surface area contributed by atoms with Crippen LogP contribution in [0.4, 0.5) is 0 Å². The Hall–Kier alpha value is 2.66. The van der Waals surface area contributed by atoms with E-state index in [-0.39, 0.29) is 83.6 Å². The monoisotopic (exact) mass is 222 g/mol. The molecule has 0 spiro atoms. The number of rotatable bonds is 0. The van der Waals surface area contributed by atoms with Crippen molar-refractivity contribution in [2.75, 3.05) is 0 Å². The average molecular weight is 222 g/mol. The summed E-state index contributed by atoms with van der Waals surface area (Å²) >= 11 is 0. The van der Waals surface area contributed by atoms with E-state index in [0.29, 0.717) is 0 Å². The van der Waals surface area contributed by atoms with Gasteiger partial charge in [-0.1, -0.05) is 0 Å². The van der Waals surface area contributed by atoms with Crippen LogP contribution in [0.5, 0.6) is 0 Å². The van der Waals surface area contributed by atoms with Crippen molar-refractivity contribution in [2.45, 2.75) is 0 Å². The topological polar surface area (TPSA) is 77.8 Å². The summed E-state index contributed by atoms with van der Waals surface area (Å²) in [7, 11) is -4.64. The predicted octanol–water partition coefficient (Wildman–Crippen LogP) is -1.24. The zero-order chi connectivity index (χ0) is 4.50. The van der Waals surface area contributed by atoms with E-state index in [1.807, 2.05) is 0 Å². The Morgan fingerprint density at radius 3 is 1.25 bits per heavy atom. The SMILES string of the molecule is O=P(O)(O)O.[Ca+2].[Fe].[H-].[H-].[H-].[H-].[Mg+2]. The van der Waals surface area contributed by atoms with Gasteiger partial charge in [-0.25, -0.2) is 4.57 Å². The first-order valence-corrected chi connectivity index (χ1v) is 2.35. The Balaban J connectivity index is -0.00000000381. The first-order chi connectivity index (χ1) is 2.00. The van der Waals surface area contributed by atoms with Gasteiger partial charge in [0.15, 0.2) is 0 Å². The summed E-state index contributed by atoms with van der Waals surface area (Å²) < 4.78 is 8.88. The average Bonchev–Trinajstić information content (AvgIpc) is 0.722. The summed E-state index contributed by atoms with van der Waals surface area (Å²) in [6, 6.07) is 0. The molecule has 0 aromatic rings. The molecule has 8 heavy (non-hydrogen) atoms. The molecule has 0 radical (unpaired) electrons. The Labute approximate surface area is 109 Å². The van der Waals surface area contributed by atoms with E-state index in [0.717, 1.165) is 0 Å². The van der Waals surface area contributed by atoms with Crippen molar-refractivity contribution in [3.8, 4) is 0 Å². The van der Waals surface area contributed by atoms with E-state index in [4.69, 9.17) is 19.2 Å². The molecule has 0 aliphatic rings. The molecule has 0 aromatic carbocycles. The van der Waals surface area contributed by atoms with Gasteiger partial charge in [-0.2, -0.15) is 0 Å². The Morgan fingerprint density at radius 1 is 1.25 bits per heavy atom. The van der Waals surface area contributed by atoms with Gasteiger partial charge in [0.2, 0.25) is 0 Å². The summed E-state index contributed by atoms with van der Waals surface area (Å²) in [5.41, 5.74) is 0. The summed E-state index contributed by atoms with van der Waals surface area (Å²) in [4.78, 5) is 21.6. The van der Waals surface area contributed by atoms with Gasteiger partial charge in [0.05, 0.1) is 0 Å². The van der Waals surface area contributed by atoms with Crippen molar-refractivity contribution in [3.05, 3.63) is 0 Å². The maximum absolute atomic E-state index is 8.88. The van der Waals surface area contributed by atoms with Gasteiger partial charge in [-0.15, -0.1) is 0 Å². The molecule has 4 nitrogen and oxygen atoms in total. The molecular formula is H7CaFeMgO4P. The molecule has 0 saturated carbocycles. The molecule has 0 atom stereocenters. The second-order valence-corrected chi connectivity index (χ2v) is 1.54. The minimum Gasteiger partial charge on any atom is -1.00 e. The van der Waals surface area contributed by atoms with Gasteiger partial charge in [-0.05, 0) is 0 Å². The van der Waals surface area contributed by atoms with E-state index < -0.39 is 7.82 Å². The molecule has 0 heterocycles. The Morgan fingerprint density at radius 2 is 1.25 bits per heavy atom. The second-order valence-electron chi connectivity index (χ2n) is 0.513. The van der Waals surface area contributed by atoms with Crippen molar-refractivity contribution in [1.29, 1.82) is 0 Å². The van der Waals surface area contributed by atoms with Crippen LogP contribution in [-0.4, -0.2) is 75.5 Å². The predicted molar refractivity (Wildman–Crippen MR) is 30.2 cm³/mol. The maximum Gasteiger partial charge on any atom is 2.00 e. The van der Waals surface area contributed by atoms with Crippen LogP contribution in [0.15, 0.2) is 0 Å². The van der Waals surface area contributed by atoms with Gasteiger partial charge in [0.1, 0.15) is 0 Å².